The lowest BCUT2D eigenvalue weighted by Crippen LogP contribution is -2.39. The van der Waals surface area contributed by atoms with Gasteiger partial charge in [-0.25, -0.2) is 0 Å². The second kappa shape index (κ2) is 5.28. The number of H-pyrrole nitrogens is 1. The Balaban J connectivity index is 2.09. The molecule has 0 amide bonds. The van der Waals surface area contributed by atoms with Crippen LogP contribution >= 0.6 is 0 Å². The first-order valence-corrected chi connectivity index (χ1v) is 5.84. The molecule has 2 aromatic heterocycles. The Kier molecular flexibility index (Phi) is 3.73. The second-order valence-corrected chi connectivity index (χ2v) is 4.36. The Bertz CT molecular complexity index is 477. The summed E-state index contributed by atoms with van der Waals surface area (Å²) in [6.45, 7) is 4.86. The van der Waals surface area contributed by atoms with E-state index in [0.29, 0.717) is 30.6 Å². The molecule has 2 rings (SSSR count). The van der Waals surface area contributed by atoms with E-state index in [1.807, 2.05) is 13.8 Å². The minimum absolute atomic E-state index is 0.350. The molecule has 98 valence electrons. The summed E-state index contributed by atoms with van der Waals surface area (Å²) in [5.74, 6) is 0.790. The van der Waals surface area contributed by atoms with E-state index in [4.69, 9.17) is 15.0 Å². The van der Waals surface area contributed by atoms with Gasteiger partial charge in [-0.1, -0.05) is 12.1 Å². The van der Waals surface area contributed by atoms with Crippen LogP contribution in [0.5, 0.6) is 0 Å². The van der Waals surface area contributed by atoms with Crippen LogP contribution in [0.3, 0.4) is 0 Å². The van der Waals surface area contributed by atoms with Gasteiger partial charge < -0.3 is 15.0 Å². The minimum Gasteiger partial charge on any atom is -0.379 e. The third-order valence-corrected chi connectivity index (χ3v) is 2.42. The van der Waals surface area contributed by atoms with Gasteiger partial charge in [-0.05, 0) is 19.4 Å². The monoisotopic (exact) mass is 251 g/mol. The first-order chi connectivity index (χ1) is 8.63. The number of rotatable bonds is 6. The van der Waals surface area contributed by atoms with Crippen molar-refractivity contribution in [2.24, 2.45) is 5.73 Å². The molecule has 3 N–H and O–H groups in total. The van der Waals surface area contributed by atoms with Crippen LogP contribution in [0.2, 0.25) is 0 Å². The first-order valence-electron chi connectivity index (χ1n) is 5.84. The quantitative estimate of drug-likeness (QED) is 0.744. The summed E-state index contributed by atoms with van der Waals surface area (Å²) in [7, 11) is 0. The highest BCUT2D eigenvalue weighted by Gasteiger charge is 2.28. The summed E-state index contributed by atoms with van der Waals surface area (Å²) < 4.78 is 10.6. The van der Waals surface area contributed by atoms with E-state index in [0.717, 1.165) is 6.42 Å². The Morgan fingerprint density at radius 1 is 1.56 bits per heavy atom. The Labute approximate surface area is 105 Å². The molecule has 0 fully saturated rings. The van der Waals surface area contributed by atoms with Gasteiger partial charge >= 0.3 is 0 Å². The topological polar surface area (TPSA) is 103 Å². The van der Waals surface area contributed by atoms with Gasteiger partial charge in [0.15, 0.2) is 5.82 Å². The summed E-state index contributed by atoms with van der Waals surface area (Å²) in [6.07, 6.45) is 2.56. The molecule has 18 heavy (non-hydrogen) atoms. The SMILES string of the molecule is CCCOCC(C)(N)c1noc(-c2ccn[nH]2)n1. The van der Waals surface area contributed by atoms with Gasteiger partial charge in [0, 0.05) is 12.8 Å². The molecule has 0 aliphatic rings. The lowest BCUT2D eigenvalue weighted by molar-refractivity contribution is 0.0867. The van der Waals surface area contributed by atoms with E-state index in [2.05, 4.69) is 20.3 Å². The van der Waals surface area contributed by atoms with E-state index in [1.165, 1.54) is 0 Å². The molecule has 0 bridgehead atoms. The Morgan fingerprint density at radius 2 is 2.39 bits per heavy atom. The van der Waals surface area contributed by atoms with Gasteiger partial charge in [-0.2, -0.15) is 10.1 Å². The molecule has 1 unspecified atom stereocenters. The van der Waals surface area contributed by atoms with Crippen molar-refractivity contribution in [2.45, 2.75) is 25.8 Å². The number of ether oxygens (including phenoxy) is 1. The molecule has 7 heteroatoms. The van der Waals surface area contributed by atoms with Crippen molar-refractivity contribution in [2.75, 3.05) is 13.2 Å². The number of nitrogens with two attached hydrogens (primary N) is 1. The van der Waals surface area contributed by atoms with Crippen molar-refractivity contribution < 1.29 is 9.26 Å². The number of hydrogen-bond donors (Lipinski definition) is 2. The molecule has 2 aromatic rings. The average Bonchev–Trinajstić information content (AvgIpc) is 3.00. The molecule has 0 spiro atoms. The lowest BCUT2D eigenvalue weighted by Gasteiger charge is -2.19. The third-order valence-electron chi connectivity index (χ3n) is 2.42. The zero-order valence-corrected chi connectivity index (χ0v) is 10.5. The molecular formula is C11H17N5O2. The fourth-order valence-corrected chi connectivity index (χ4v) is 1.43. The zero-order chi connectivity index (χ0) is 13.0. The minimum atomic E-state index is -0.767. The molecule has 0 aromatic carbocycles. The molecule has 7 nitrogen and oxygen atoms in total. The van der Waals surface area contributed by atoms with Gasteiger partial charge in [0.2, 0.25) is 0 Å². The fourth-order valence-electron chi connectivity index (χ4n) is 1.43. The third kappa shape index (κ3) is 2.74. The van der Waals surface area contributed by atoms with Gasteiger partial charge in [0.1, 0.15) is 11.2 Å². The summed E-state index contributed by atoms with van der Waals surface area (Å²) in [6, 6.07) is 1.75. The molecule has 0 saturated heterocycles. The second-order valence-electron chi connectivity index (χ2n) is 4.36. The fraction of sp³-hybridized carbons (Fsp3) is 0.545. The number of nitrogens with one attached hydrogen (secondary N) is 1. The Morgan fingerprint density at radius 3 is 3.06 bits per heavy atom. The molecule has 2 heterocycles. The van der Waals surface area contributed by atoms with E-state index in [1.54, 1.807) is 12.3 Å². The van der Waals surface area contributed by atoms with E-state index < -0.39 is 5.54 Å². The first kappa shape index (κ1) is 12.7. The maximum absolute atomic E-state index is 6.11. The summed E-state index contributed by atoms with van der Waals surface area (Å²) in [4.78, 5) is 4.25. The highest BCUT2D eigenvalue weighted by molar-refractivity contribution is 5.44. The smallest absolute Gasteiger partial charge is 0.275 e. The highest BCUT2D eigenvalue weighted by atomic mass is 16.5. The van der Waals surface area contributed by atoms with Crippen molar-refractivity contribution in [3.8, 4) is 11.6 Å². The van der Waals surface area contributed by atoms with Crippen LogP contribution in [0.25, 0.3) is 11.6 Å². The van der Waals surface area contributed by atoms with Crippen LogP contribution < -0.4 is 5.73 Å². The van der Waals surface area contributed by atoms with Crippen molar-refractivity contribution in [1.29, 1.82) is 0 Å². The highest BCUT2D eigenvalue weighted by Crippen LogP contribution is 2.19. The predicted molar refractivity (Wildman–Crippen MR) is 64.5 cm³/mol. The largest absolute Gasteiger partial charge is 0.379 e. The molecule has 0 saturated carbocycles. The number of aromatic nitrogens is 4. The molecular weight excluding hydrogens is 234 g/mol. The van der Waals surface area contributed by atoms with Crippen LogP contribution in [0.4, 0.5) is 0 Å². The molecule has 1 atom stereocenters. The molecule has 0 aliphatic carbocycles. The number of aromatic amines is 1. The Hall–Kier alpha value is -1.73. The number of nitrogens with zero attached hydrogens (tertiary/aromatic N) is 3. The van der Waals surface area contributed by atoms with Crippen LogP contribution in [0.1, 0.15) is 26.1 Å². The predicted octanol–water partition coefficient (Wildman–Crippen LogP) is 1.06. The van der Waals surface area contributed by atoms with Gasteiger partial charge in [-0.15, -0.1) is 0 Å². The van der Waals surface area contributed by atoms with Gasteiger partial charge in [0.25, 0.3) is 5.89 Å². The lowest BCUT2D eigenvalue weighted by atomic mass is 10.1. The van der Waals surface area contributed by atoms with E-state index >= 15 is 0 Å². The summed E-state index contributed by atoms with van der Waals surface area (Å²) in [5, 5.41) is 10.5. The normalized spacial score (nSPS) is 14.6. The van der Waals surface area contributed by atoms with Crippen LogP contribution in [-0.2, 0) is 10.3 Å². The van der Waals surface area contributed by atoms with Crippen LogP contribution in [-0.4, -0.2) is 33.6 Å². The zero-order valence-electron chi connectivity index (χ0n) is 10.5. The van der Waals surface area contributed by atoms with Gasteiger partial charge in [-0.3, -0.25) is 5.10 Å². The molecule has 0 aliphatic heterocycles. The number of hydrogen-bond acceptors (Lipinski definition) is 6. The van der Waals surface area contributed by atoms with Crippen LogP contribution in [0.15, 0.2) is 16.8 Å². The summed E-state index contributed by atoms with van der Waals surface area (Å²) in [5.41, 5.74) is 6.01. The van der Waals surface area contributed by atoms with E-state index in [9.17, 15) is 0 Å². The van der Waals surface area contributed by atoms with Crippen LogP contribution in [0, 0.1) is 0 Å². The summed E-state index contributed by atoms with van der Waals surface area (Å²) >= 11 is 0. The molecule has 0 radical (unpaired) electrons. The van der Waals surface area contributed by atoms with Crippen molar-refractivity contribution >= 4 is 0 Å². The standard InChI is InChI=1S/C11H17N5O2/c1-3-6-17-7-11(2,12)10-14-9(18-16-10)8-4-5-13-15-8/h4-5H,3,6-7,12H2,1-2H3,(H,13,15). The maximum atomic E-state index is 6.11. The van der Waals surface area contributed by atoms with Crippen molar-refractivity contribution in [3.63, 3.8) is 0 Å². The van der Waals surface area contributed by atoms with Gasteiger partial charge in [0.05, 0.1) is 6.61 Å². The average molecular weight is 251 g/mol. The van der Waals surface area contributed by atoms with E-state index in [-0.39, 0.29) is 0 Å². The van der Waals surface area contributed by atoms with Crippen molar-refractivity contribution in [1.82, 2.24) is 20.3 Å². The van der Waals surface area contributed by atoms with Crippen molar-refractivity contribution in [3.05, 3.63) is 18.1 Å². The maximum Gasteiger partial charge on any atom is 0.275 e.